The van der Waals surface area contributed by atoms with E-state index in [1.807, 2.05) is 0 Å². The second-order valence-electron chi connectivity index (χ2n) is 7.52. The highest BCUT2D eigenvalue weighted by Gasteiger charge is 2.44. The molecule has 0 heterocycles. The van der Waals surface area contributed by atoms with Gasteiger partial charge in [-0.05, 0) is 44.6 Å². The van der Waals surface area contributed by atoms with Gasteiger partial charge in [-0.25, -0.2) is 8.42 Å². The van der Waals surface area contributed by atoms with Crippen LogP contribution < -0.4 is 10.4 Å². The topological polar surface area (TPSA) is 168 Å². The number of ether oxygens (including phenoxy) is 1. The van der Waals surface area contributed by atoms with Crippen molar-refractivity contribution in [1.82, 2.24) is 5.32 Å². The molecule has 0 aromatic carbocycles. The first-order chi connectivity index (χ1) is 12.5. The zero-order valence-corrected chi connectivity index (χ0v) is 16.1. The molecule has 0 bridgehead atoms. The van der Waals surface area contributed by atoms with Gasteiger partial charge in [0.05, 0.1) is 37.1 Å². The monoisotopic (exact) mass is 409 g/mol. The predicted octanol–water partition coefficient (Wildman–Crippen LogP) is -2.27. The summed E-state index contributed by atoms with van der Waals surface area (Å²) in [5.41, 5.74) is 0. The Labute approximate surface area is 158 Å². The molecule has 0 aromatic heterocycles. The number of aliphatic carboxylic acids is 1. The first-order valence-corrected chi connectivity index (χ1v) is 10.4. The van der Waals surface area contributed by atoms with Crippen molar-refractivity contribution in [3.8, 4) is 0 Å². The number of rotatable bonds is 7. The fourth-order valence-electron chi connectivity index (χ4n) is 4.11. The van der Waals surface area contributed by atoms with Gasteiger partial charge < -0.3 is 34.7 Å². The fraction of sp³-hybridized carbons (Fsp3) is 0.938. The van der Waals surface area contributed by atoms with Crippen LogP contribution in [0.25, 0.3) is 0 Å². The summed E-state index contributed by atoms with van der Waals surface area (Å²) in [7, 11) is -3.24. The Morgan fingerprint density at radius 3 is 2.48 bits per heavy atom. The van der Waals surface area contributed by atoms with E-state index in [9.17, 15) is 33.1 Å². The van der Waals surface area contributed by atoms with Crippen LogP contribution in [0.4, 0.5) is 0 Å². The second kappa shape index (κ2) is 9.12. The van der Waals surface area contributed by atoms with Crippen molar-refractivity contribution in [2.45, 2.75) is 63.1 Å². The van der Waals surface area contributed by atoms with Crippen molar-refractivity contribution in [2.24, 2.45) is 17.8 Å². The van der Waals surface area contributed by atoms with E-state index >= 15 is 0 Å². The average Bonchev–Trinajstić information content (AvgIpc) is 2.56. The average molecular weight is 409 g/mol. The number of hydrogen-bond donors (Lipinski definition) is 3. The van der Waals surface area contributed by atoms with Gasteiger partial charge in [0.2, 0.25) is 10.4 Å². The summed E-state index contributed by atoms with van der Waals surface area (Å²) in [5, 5.41) is 35.2. The molecular weight excluding hydrogens is 382 g/mol. The quantitative estimate of drug-likeness (QED) is 0.308. The molecule has 2 fully saturated rings. The molecule has 0 amide bonds. The molecule has 4 unspecified atom stereocenters. The maximum atomic E-state index is 11.5. The van der Waals surface area contributed by atoms with Gasteiger partial charge in [0.15, 0.2) is 0 Å². The van der Waals surface area contributed by atoms with E-state index in [4.69, 9.17) is 4.74 Å². The first kappa shape index (κ1) is 22.5. The molecule has 11 heteroatoms. The fourth-order valence-corrected chi connectivity index (χ4v) is 4.47. The van der Waals surface area contributed by atoms with E-state index in [-0.39, 0.29) is 18.8 Å². The number of carboxylic acids is 1. The second-order valence-corrected chi connectivity index (χ2v) is 8.57. The van der Waals surface area contributed by atoms with Gasteiger partial charge >= 0.3 is 0 Å². The molecule has 0 radical (unpaired) electrons. The van der Waals surface area contributed by atoms with E-state index in [0.717, 1.165) is 0 Å². The summed E-state index contributed by atoms with van der Waals surface area (Å²) >= 11 is 0. The van der Waals surface area contributed by atoms with E-state index in [0.29, 0.717) is 12.8 Å². The summed E-state index contributed by atoms with van der Waals surface area (Å²) in [5.74, 6) is -2.92. The smallest absolute Gasteiger partial charge is 0.217 e. The number of carbonyl (C=O) groups excluding carboxylic acids is 1. The van der Waals surface area contributed by atoms with Crippen molar-refractivity contribution < 1.29 is 42.0 Å². The SMILES string of the molecule is CNC1[C@H](O)CC(COS(=O)(=O)[O-])C[C@H]1O[C@H]1C(C(=O)[O-])CCC(C)[C@@H]1O. The summed E-state index contributed by atoms with van der Waals surface area (Å²) in [6.07, 6.45) is -2.37. The third kappa shape index (κ3) is 5.83. The normalized spacial score (nSPS) is 40.6. The largest absolute Gasteiger partial charge is 0.726 e. The van der Waals surface area contributed by atoms with E-state index < -0.39 is 65.3 Å². The maximum absolute atomic E-state index is 11.5. The molecule has 0 aromatic rings. The minimum absolute atomic E-state index is 0.156. The third-order valence-corrected chi connectivity index (χ3v) is 6.05. The van der Waals surface area contributed by atoms with Gasteiger partial charge in [0.25, 0.3) is 0 Å². The van der Waals surface area contributed by atoms with Crippen LogP contribution in [0.2, 0.25) is 0 Å². The highest BCUT2D eigenvalue weighted by atomic mass is 32.3. The zero-order valence-electron chi connectivity index (χ0n) is 15.3. The summed E-state index contributed by atoms with van der Waals surface area (Å²) < 4.78 is 42.3. The molecule has 8 atom stereocenters. The Balaban J connectivity index is 2.14. The van der Waals surface area contributed by atoms with Crippen LogP contribution in [-0.2, 0) is 24.1 Å². The lowest BCUT2D eigenvalue weighted by Crippen LogP contribution is -2.58. The van der Waals surface area contributed by atoms with Gasteiger partial charge in [-0.15, -0.1) is 0 Å². The molecular formula is C16H27NO9S-2. The Morgan fingerprint density at radius 1 is 1.26 bits per heavy atom. The molecule has 3 N–H and O–H groups in total. The Kier molecular flexibility index (Phi) is 7.59. The standard InChI is InChI=1S/C16H29NO9S/c1-8-3-4-10(16(20)21)15(14(8)19)26-12-6-9(7-25-27(22,23)24)5-11(18)13(12)17-2/h8-15,17-19H,3-7H2,1-2H3,(H,20,21)(H,22,23,24)/p-2/t8?,9?,10?,11-,12-,13?,14+,15+/m1/s1. The summed E-state index contributed by atoms with van der Waals surface area (Å²) in [4.78, 5) is 11.5. The number of aliphatic hydroxyl groups is 2. The van der Waals surface area contributed by atoms with E-state index in [1.165, 1.54) is 0 Å². The number of carboxylic acid groups (broad SMARTS) is 1. The highest BCUT2D eigenvalue weighted by molar-refractivity contribution is 7.80. The van der Waals surface area contributed by atoms with Crippen LogP contribution in [0, 0.1) is 17.8 Å². The van der Waals surface area contributed by atoms with Crippen molar-refractivity contribution >= 4 is 16.4 Å². The molecule has 2 rings (SSSR count). The van der Waals surface area contributed by atoms with Gasteiger partial charge in [0, 0.05) is 11.9 Å². The summed E-state index contributed by atoms with van der Waals surface area (Å²) in [6, 6.07) is -0.544. The highest BCUT2D eigenvalue weighted by Crippen LogP contribution is 2.35. The van der Waals surface area contributed by atoms with Crippen LogP contribution in [0.15, 0.2) is 0 Å². The van der Waals surface area contributed by atoms with Crippen molar-refractivity contribution in [3.63, 3.8) is 0 Å². The summed E-state index contributed by atoms with van der Waals surface area (Å²) in [6.45, 7) is 1.40. The third-order valence-electron chi connectivity index (χ3n) is 5.62. The lowest BCUT2D eigenvalue weighted by Gasteiger charge is -2.45. The predicted molar refractivity (Wildman–Crippen MR) is 88.8 cm³/mol. The maximum Gasteiger partial charge on any atom is 0.217 e. The van der Waals surface area contributed by atoms with E-state index in [2.05, 4.69) is 9.50 Å². The van der Waals surface area contributed by atoms with Gasteiger partial charge in [-0.2, -0.15) is 0 Å². The van der Waals surface area contributed by atoms with Crippen LogP contribution >= 0.6 is 0 Å². The minimum atomic E-state index is -4.85. The van der Waals surface area contributed by atoms with Crippen molar-refractivity contribution in [2.75, 3.05) is 13.7 Å². The van der Waals surface area contributed by atoms with Crippen LogP contribution in [-0.4, -0.2) is 73.3 Å². The Morgan fingerprint density at radius 2 is 1.93 bits per heavy atom. The number of likely N-dealkylation sites (N-methyl/N-ethyl adjacent to an activating group) is 1. The van der Waals surface area contributed by atoms with Gasteiger partial charge in [-0.3, -0.25) is 4.18 Å². The van der Waals surface area contributed by atoms with Gasteiger partial charge in [0.1, 0.15) is 0 Å². The lowest BCUT2D eigenvalue weighted by atomic mass is 9.77. The number of nitrogens with one attached hydrogen (secondary N) is 1. The van der Waals surface area contributed by atoms with E-state index in [1.54, 1.807) is 14.0 Å². The first-order valence-electron chi connectivity index (χ1n) is 9.03. The zero-order chi connectivity index (χ0) is 20.4. The molecule has 0 aliphatic heterocycles. The van der Waals surface area contributed by atoms with Crippen LogP contribution in [0.5, 0.6) is 0 Å². The molecule has 158 valence electrons. The number of aliphatic hydroxyl groups excluding tert-OH is 2. The molecule has 10 nitrogen and oxygen atoms in total. The molecule has 27 heavy (non-hydrogen) atoms. The molecule has 0 saturated heterocycles. The van der Waals surface area contributed by atoms with Gasteiger partial charge in [-0.1, -0.05) is 6.92 Å². The molecule has 2 aliphatic carbocycles. The Bertz CT molecular complexity index is 613. The van der Waals surface area contributed by atoms with Crippen molar-refractivity contribution in [1.29, 1.82) is 0 Å². The number of hydrogen-bond acceptors (Lipinski definition) is 10. The molecule has 0 spiro atoms. The molecule has 2 aliphatic rings. The Hall–Kier alpha value is -0.820. The van der Waals surface area contributed by atoms with Crippen LogP contribution in [0.3, 0.4) is 0 Å². The minimum Gasteiger partial charge on any atom is -0.726 e. The van der Waals surface area contributed by atoms with Crippen molar-refractivity contribution in [3.05, 3.63) is 0 Å². The van der Waals surface area contributed by atoms with Crippen LogP contribution in [0.1, 0.15) is 32.6 Å². The lowest BCUT2D eigenvalue weighted by molar-refractivity contribution is -0.319. The molecule has 2 saturated carbocycles. The number of carbonyl (C=O) groups is 1.